The Bertz CT molecular complexity index is 558. The zero-order valence-electron chi connectivity index (χ0n) is 12.3. The summed E-state index contributed by atoms with van der Waals surface area (Å²) in [5, 5.41) is 2.46. The standard InChI is InChI=1S/C15H18F2N2O3/c1-2-22-15(21)19-7-5-10(6-8-19)14(20)18-13-4-3-11(16)9-12(13)17/h3-4,9-10H,2,5-8H2,1H3,(H,18,20). The van der Waals surface area contributed by atoms with Crippen molar-refractivity contribution in [1.29, 1.82) is 0 Å². The van der Waals surface area contributed by atoms with E-state index in [4.69, 9.17) is 4.74 Å². The molecule has 7 heteroatoms. The maximum Gasteiger partial charge on any atom is 0.409 e. The van der Waals surface area contributed by atoms with Gasteiger partial charge in [-0.25, -0.2) is 13.6 Å². The first-order chi connectivity index (χ1) is 10.5. The topological polar surface area (TPSA) is 58.6 Å². The number of hydrogen-bond acceptors (Lipinski definition) is 3. The number of carbonyl (C=O) groups excluding carboxylic acids is 2. The Labute approximate surface area is 127 Å². The van der Waals surface area contributed by atoms with Gasteiger partial charge in [0.2, 0.25) is 5.91 Å². The fraction of sp³-hybridized carbons (Fsp3) is 0.467. The Kier molecular flexibility index (Phi) is 5.30. The summed E-state index contributed by atoms with van der Waals surface area (Å²) >= 11 is 0. The first kappa shape index (κ1) is 16.2. The summed E-state index contributed by atoms with van der Waals surface area (Å²) in [7, 11) is 0. The number of hydrogen-bond donors (Lipinski definition) is 1. The van der Waals surface area contributed by atoms with E-state index in [2.05, 4.69) is 5.32 Å². The van der Waals surface area contributed by atoms with Crippen molar-refractivity contribution in [2.24, 2.45) is 5.92 Å². The molecule has 1 heterocycles. The summed E-state index contributed by atoms with van der Waals surface area (Å²) < 4.78 is 31.2. The van der Waals surface area contributed by atoms with Crippen LogP contribution in [0.2, 0.25) is 0 Å². The molecule has 1 aromatic carbocycles. The lowest BCUT2D eigenvalue weighted by atomic mass is 9.96. The van der Waals surface area contributed by atoms with Crippen molar-refractivity contribution in [1.82, 2.24) is 4.90 Å². The molecule has 2 amide bonds. The second-order valence-electron chi connectivity index (χ2n) is 5.07. The number of carbonyl (C=O) groups is 2. The van der Waals surface area contributed by atoms with E-state index >= 15 is 0 Å². The molecule has 0 bridgehead atoms. The molecule has 120 valence electrons. The molecule has 0 unspecified atom stereocenters. The third-order valence-electron chi connectivity index (χ3n) is 3.58. The normalized spacial score (nSPS) is 15.5. The minimum absolute atomic E-state index is 0.0424. The van der Waals surface area contributed by atoms with Gasteiger partial charge in [0.1, 0.15) is 11.6 Å². The van der Waals surface area contributed by atoms with Gasteiger partial charge >= 0.3 is 6.09 Å². The number of nitrogens with zero attached hydrogens (tertiary/aromatic N) is 1. The van der Waals surface area contributed by atoms with Crippen LogP contribution in [-0.4, -0.2) is 36.6 Å². The van der Waals surface area contributed by atoms with Crippen molar-refractivity contribution in [3.63, 3.8) is 0 Å². The Morgan fingerprint density at radius 3 is 2.59 bits per heavy atom. The van der Waals surface area contributed by atoms with Crippen LogP contribution in [-0.2, 0) is 9.53 Å². The Balaban J connectivity index is 1.88. The monoisotopic (exact) mass is 312 g/mol. The number of anilines is 1. The number of likely N-dealkylation sites (tertiary alicyclic amines) is 1. The van der Waals surface area contributed by atoms with Crippen molar-refractivity contribution in [3.8, 4) is 0 Å². The quantitative estimate of drug-likeness (QED) is 0.933. The lowest BCUT2D eigenvalue weighted by Gasteiger charge is -2.30. The first-order valence-electron chi connectivity index (χ1n) is 7.19. The van der Waals surface area contributed by atoms with Crippen LogP contribution in [0.4, 0.5) is 19.3 Å². The summed E-state index contributed by atoms with van der Waals surface area (Å²) in [6, 6.07) is 3.00. The summed E-state index contributed by atoms with van der Waals surface area (Å²) in [5.41, 5.74) is -0.0424. The number of benzene rings is 1. The molecule has 1 N–H and O–H groups in total. The SMILES string of the molecule is CCOC(=O)N1CCC(C(=O)Nc2ccc(F)cc2F)CC1. The van der Waals surface area contributed by atoms with Gasteiger partial charge in [-0.3, -0.25) is 4.79 Å². The van der Waals surface area contributed by atoms with Crippen LogP contribution in [0.25, 0.3) is 0 Å². The molecule has 1 aromatic rings. The average Bonchev–Trinajstić information content (AvgIpc) is 2.50. The smallest absolute Gasteiger partial charge is 0.409 e. The van der Waals surface area contributed by atoms with Gasteiger partial charge in [0.25, 0.3) is 0 Å². The van der Waals surface area contributed by atoms with Gasteiger partial charge in [0, 0.05) is 25.1 Å². The minimum Gasteiger partial charge on any atom is -0.450 e. The highest BCUT2D eigenvalue weighted by atomic mass is 19.1. The van der Waals surface area contributed by atoms with Crippen LogP contribution >= 0.6 is 0 Å². The Hall–Kier alpha value is -2.18. The van der Waals surface area contributed by atoms with Gasteiger partial charge in [-0.2, -0.15) is 0 Å². The van der Waals surface area contributed by atoms with Crippen LogP contribution in [0, 0.1) is 17.6 Å². The van der Waals surface area contributed by atoms with E-state index < -0.39 is 11.6 Å². The molecule has 5 nitrogen and oxygen atoms in total. The van der Waals surface area contributed by atoms with Crippen molar-refractivity contribution in [2.45, 2.75) is 19.8 Å². The first-order valence-corrected chi connectivity index (χ1v) is 7.19. The van der Waals surface area contributed by atoms with Crippen molar-refractivity contribution >= 4 is 17.7 Å². The Morgan fingerprint density at radius 2 is 2.00 bits per heavy atom. The molecule has 2 rings (SSSR count). The van der Waals surface area contributed by atoms with Crippen molar-refractivity contribution in [2.75, 3.05) is 25.0 Å². The van der Waals surface area contributed by atoms with Gasteiger partial charge in [0.15, 0.2) is 0 Å². The molecule has 1 aliphatic heterocycles. The van der Waals surface area contributed by atoms with Crippen LogP contribution in [0.3, 0.4) is 0 Å². The molecular weight excluding hydrogens is 294 g/mol. The summed E-state index contributed by atoms with van der Waals surface area (Å²) in [6.45, 7) is 2.88. The molecule has 1 saturated heterocycles. The molecule has 22 heavy (non-hydrogen) atoms. The van der Waals surface area contributed by atoms with E-state index in [0.717, 1.165) is 12.1 Å². The second kappa shape index (κ2) is 7.20. The van der Waals surface area contributed by atoms with Crippen LogP contribution in [0.1, 0.15) is 19.8 Å². The fourth-order valence-electron chi connectivity index (χ4n) is 2.36. The third kappa shape index (κ3) is 3.93. The van der Waals surface area contributed by atoms with Crippen LogP contribution < -0.4 is 5.32 Å². The number of rotatable bonds is 3. The van der Waals surface area contributed by atoms with Gasteiger partial charge in [-0.1, -0.05) is 0 Å². The summed E-state index contributed by atoms with van der Waals surface area (Å²) in [5.74, 6) is -2.14. The van der Waals surface area contributed by atoms with Gasteiger partial charge in [-0.15, -0.1) is 0 Å². The molecular formula is C15H18F2N2O3. The maximum atomic E-state index is 13.5. The van der Waals surface area contributed by atoms with Crippen LogP contribution in [0.15, 0.2) is 18.2 Å². The number of piperidine rings is 1. The molecule has 1 aliphatic rings. The van der Waals surface area contributed by atoms with E-state index in [9.17, 15) is 18.4 Å². The van der Waals surface area contributed by atoms with E-state index in [-0.39, 0.29) is 23.6 Å². The summed E-state index contributed by atoms with van der Waals surface area (Å²) in [4.78, 5) is 25.2. The Morgan fingerprint density at radius 1 is 1.32 bits per heavy atom. The average molecular weight is 312 g/mol. The number of ether oxygens (including phenoxy) is 1. The van der Waals surface area contributed by atoms with E-state index in [0.29, 0.717) is 32.5 Å². The highest BCUT2D eigenvalue weighted by molar-refractivity contribution is 5.92. The van der Waals surface area contributed by atoms with Crippen molar-refractivity contribution in [3.05, 3.63) is 29.8 Å². The zero-order valence-corrected chi connectivity index (χ0v) is 12.3. The van der Waals surface area contributed by atoms with E-state index in [1.54, 1.807) is 11.8 Å². The predicted octanol–water partition coefficient (Wildman–Crippen LogP) is 2.77. The van der Waals surface area contributed by atoms with Gasteiger partial charge < -0.3 is 15.0 Å². The molecule has 0 spiro atoms. The molecule has 0 atom stereocenters. The molecule has 0 radical (unpaired) electrons. The number of amides is 2. The zero-order chi connectivity index (χ0) is 16.1. The second-order valence-corrected chi connectivity index (χ2v) is 5.07. The van der Waals surface area contributed by atoms with Gasteiger partial charge in [-0.05, 0) is 31.9 Å². The maximum absolute atomic E-state index is 13.5. The van der Waals surface area contributed by atoms with Gasteiger partial charge in [0.05, 0.1) is 12.3 Å². The fourth-order valence-corrected chi connectivity index (χ4v) is 2.36. The minimum atomic E-state index is -0.808. The lowest BCUT2D eigenvalue weighted by Crippen LogP contribution is -2.41. The highest BCUT2D eigenvalue weighted by Gasteiger charge is 2.28. The van der Waals surface area contributed by atoms with E-state index in [1.807, 2.05) is 0 Å². The number of nitrogens with one attached hydrogen (secondary N) is 1. The molecule has 0 aliphatic carbocycles. The van der Waals surface area contributed by atoms with E-state index in [1.165, 1.54) is 6.07 Å². The molecule has 1 fully saturated rings. The van der Waals surface area contributed by atoms with Crippen molar-refractivity contribution < 1.29 is 23.1 Å². The molecule has 0 saturated carbocycles. The third-order valence-corrected chi connectivity index (χ3v) is 3.58. The highest BCUT2D eigenvalue weighted by Crippen LogP contribution is 2.21. The number of halogens is 2. The largest absolute Gasteiger partial charge is 0.450 e. The summed E-state index contributed by atoms with van der Waals surface area (Å²) in [6.07, 6.45) is 0.576. The lowest BCUT2D eigenvalue weighted by molar-refractivity contribution is -0.121. The van der Waals surface area contributed by atoms with Crippen LogP contribution in [0.5, 0.6) is 0 Å². The predicted molar refractivity (Wildman–Crippen MR) is 76.3 cm³/mol. The molecule has 0 aromatic heterocycles.